The predicted molar refractivity (Wildman–Crippen MR) is 73.8 cm³/mol. The molecule has 3 aliphatic rings. The van der Waals surface area contributed by atoms with E-state index in [4.69, 9.17) is 4.74 Å². The fourth-order valence-corrected chi connectivity index (χ4v) is 3.89. The van der Waals surface area contributed by atoms with E-state index >= 15 is 0 Å². The first kappa shape index (κ1) is 13.4. The standard InChI is InChI=1S/C15H26N2O2/c18-15(6-5-14-2-1-7-19-14)17-13-4-3-11-9-16-10-12(11)8-13/h11-14,16H,1-10H2,(H,17,18)/t11-,12+,13?,14?/m0/s1. The van der Waals surface area contributed by atoms with Crippen LogP contribution in [0.15, 0.2) is 0 Å². The molecule has 3 rings (SSSR count). The van der Waals surface area contributed by atoms with Crippen molar-refractivity contribution in [2.24, 2.45) is 11.8 Å². The lowest BCUT2D eigenvalue weighted by molar-refractivity contribution is -0.122. The molecule has 0 aromatic heterocycles. The number of ether oxygens (including phenoxy) is 1. The van der Waals surface area contributed by atoms with E-state index in [2.05, 4.69) is 10.6 Å². The van der Waals surface area contributed by atoms with Crippen molar-refractivity contribution in [3.05, 3.63) is 0 Å². The summed E-state index contributed by atoms with van der Waals surface area (Å²) in [5, 5.41) is 6.70. The van der Waals surface area contributed by atoms with Gasteiger partial charge < -0.3 is 15.4 Å². The van der Waals surface area contributed by atoms with Gasteiger partial charge in [0.25, 0.3) is 0 Å². The Morgan fingerprint density at radius 1 is 1.21 bits per heavy atom. The van der Waals surface area contributed by atoms with E-state index in [1.165, 1.54) is 19.4 Å². The van der Waals surface area contributed by atoms with Gasteiger partial charge in [-0.2, -0.15) is 0 Å². The quantitative estimate of drug-likeness (QED) is 0.810. The van der Waals surface area contributed by atoms with Crippen LogP contribution in [0.25, 0.3) is 0 Å². The van der Waals surface area contributed by atoms with Crippen LogP contribution in [0.2, 0.25) is 0 Å². The minimum Gasteiger partial charge on any atom is -0.378 e. The summed E-state index contributed by atoms with van der Waals surface area (Å²) in [7, 11) is 0. The minimum absolute atomic E-state index is 0.227. The average molecular weight is 266 g/mol. The molecule has 3 fully saturated rings. The summed E-state index contributed by atoms with van der Waals surface area (Å²) >= 11 is 0. The second kappa shape index (κ2) is 6.23. The zero-order valence-corrected chi connectivity index (χ0v) is 11.7. The highest BCUT2D eigenvalue weighted by molar-refractivity contribution is 5.76. The van der Waals surface area contributed by atoms with E-state index in [1.54, 1.807) is 0 Å². The van der Waals surface area contributed by atoms with Gasteiger partial charge in [-0.1, -0.05) is 0 Å². The van der Waals surface area contributed by atoms with Gasteiger partial charge in [0, 0.05) is 19.1 Å². The van der Waals surface area contributed by atoms with Crippen LogP contribution in [0.4, 0.5) is 0 Å². The third-order valence-electron chi connectivity index (χ3n) is 5.04. The number of nitrogens with one attached hydrogen (secondary N) is 2. The van der Waals surface area contributed by atoms with E-state index in [1.807, 2.05) is 0 Å². The molecule has 19 heavy (non-hydrogen) atoms. The Hall–Kier alpha value is -0.610. The van der Waals surface area contributed by atoms with Crippen molar-refractivity contribution >= 4 is 5.91 Å². The molecule has 4 atom stereocenters. The molecule has 0 radical (unpaired) electrons. The minimum atomic E-state index is 0.227. The maximum Gasteiger partial charge on any atom is 0.220 e. The van der Waals surface area contributed by atoms with Crippen LogP contribution in [-0.2, 0) is 9.53 Å². The predicted octanol–water partition coefficient (Wildman–Crippen LogP) is 1.45. The van der Waals surface area contributed by atoms with E-state index in [0.717, 1.165) is 50.7 Å². The highest BCUT2D eigenvalue weighted by Gasteiger charge is 2.34. The zero-order valence-electron chi connectivity index (χ0n) is 11.7. The number of hydrogen-bond donors (Lipinski definition) is 2. The summed E-state index contributed by atoms with van der Waals surface area (Å²) in [6.07, 6.45) is 7.75. The van der Waals surface area contributed by atoms with Gasteiger partial charge in [0.05, 0.1) is 6.10 Å². The maximum atomic E-state index is 12.0. The molecule has 4 nitrogen and oxygen atoms in total. The number of carbonyl (C=O) groups excluding carboxylic acids is 1. The van der Waals surface area contributed by atoms with Crippen LogP contribution in [-0.4, -0.2) is 37.7 Å². The van der Waals surface area contributed by atoms with Crippen LogP contribution in [0.1, 0.15) is 44.9 Å². The Balaban J connectivity index is 1.37. The smallest absolute Gasteiger partial charge is 0.220 e. The SMILES string of the molecule is O=C(CCC1CCCO1)NC1CC[C@H]2CNC[C@H]2C1. The van der Waals surface area contributed by atoms with Crippen LogP contribution < -0.4 is 10.6 Å². The van der Waals surface area contributed by atoms with Crippen molar-refractivity contribution in [2.75, 3.05) is 19.7 Å². The fourth-order valence-electron chi connectivity index (χ4n) is 3.89. The lowest BCUT2D eigenvalue weighted by atomic mass is 9.79. The molecule has 108 valence electrons. The number of amides is 1. The highest BCUT2D eigenvalue weighted by atomic mass is 16.5. The Bertz CT molecular complexity index is 315. The number of fused-ring (bicyclic) bond motifs is 1. The molecule has 4 heteroatoms. The van der Waals surface area contributed by atoms with E-state index < -0.39 is 0 Å². The van der Waals surface area contributed by atoms with Gasteiger partial charge in [-0.05, 0) is 63.5 Å². The molecule has 1 saturated carbocycles. The summed E-state index contributed by atoms with van der Waals surface area (Å²) in [4.78, 5) is 12.0. The Kier molecular flexibility index (Phi) is 4.38. The molecule has 0 bridgehead atoms. The number of hydrogen-bond acceptors (Lipinski definition) is 3. The van der Waals surface area contributed by atoms with Crippen molar-refractivity contribution in [3.8, 4) is 0 Å². The fraction of sp³-hybridized carbons (Fsp3) is 0.933. The largest absolute Gasteiger partial charge is 0.378 e. The van der Waals surface area contributed by atoms with Crippen molar-refractivity contribution in [3.63, 3.8) is 0 Å². The van der Waals surface area contributed by atoms with Gasteiger partial charge in [0.15, 0.2) is 0 Å². The third kappa shape index (κ3) is 3.48. The van der Waals surface area contributed by atoms with E-state index in [9.17, 15) is 4.79 Å². The summed E-state index contributed by atoms with van der Waals surface area (Å²) < 4.78 is 5.56. The van der Waals surface area contributed by atoms with Crippen LogP contribution in [0.3, 0.4) is 0 Å². The monoisotopic (exact) mass is 266 g/mol. The van der Waals surface area contributed by atoms with Gasteiger partial charge in [0.1, 0.15) is 0 Å². The third-order valence-corrected chi connectivity index (χ3v) is 5.04. The number of rotatable bonds is 4. The van der Waals surface area contributed by atoms with Gasteiger partial charge in [0.2, 0.25) is 5.91 Å². The molecule has 2 aliphatic heterocycles. The molecular formula is C15H26N2O2. The van der Waals surface area contributed by atoms with E-state index in [-0.39, 0.29) is 5.91 Å². The summed E-state index contributed by atoms with van der Waals surface area (Å²) in [5.74, 6) is 1.88. The molecule has 0 spiro atoms. The van der Waals surface area contributed by atoms with Gasteiger partial charge >= 0.3 is 0 Å². The Labute approximate surface area is 115 Å². The Morgan fingerprint density at radius 3 is 2.95 bits per heavy atom. The summed E-state index contributed by atoms with van der Waals surface area (Å²) in [6.45, 7) is 3.21. The zero-order chi connectivity index (χ0) is 13.1. The first-order chi connectivity index (χ1) is 9.31. The first-order valence-electron chi connectivity index (χ1n) is 7.93. The topological polar surface area (TPSA) is 50.4 Å². The molecular weight excluding hydrogens is 240 g/mol. The molecule has 2 saturated heterocycles. The molecule has 1 amide bonds. The van der Waals surface area contributed by atoms with Gasteiger partial charge in [-0.15, -0.1) is 0 Å². The molecule has 2 N–H and O–H groups in total. The van der Waals surface area contributed by atoms with E-state index in [0.29, 0.717) is 18.6 Å². The van der Waals surface area contributed by atoms with Crippen LogP contribution >= 0.6 is 0 Å². The van der Waals surface area contributed by atoms with Crippen molar-refractivity contribution < 1.29 is 9.53 Å². The second-order valence-electron chi connectivity index (χ2n) is 6.43. The average Bonchev–Trinajstić information content (AvgIpc) is 3.07. The number of carbonyl (C=O) groups is 1. The van der Waals surface area contributed by atoms with Crippen molar-refractivity contribution in [2.45, 2.75) is 57.1 Å². The molecule has 2 heterocycles. The van der Waals surface area contributed by atoms with Crippen molar-refractivity contribution in [1.82, 2.24) is 10.6 Å². The van der Waals surface area contributed by atoms with Gasteiger partial charge in [-0.3, -0.25) is 4.79 Å². The summed E-state index contributed by atoms with van der Waals surface area (Å²) in [6, 6.07) is 0.415. The first-order valence-corrected chi connectivity index (χ1v) is 7.93. The van der Waals surface area contributed by atoms with Gasteiger partial charge in [-0.25, -0.2) is 0 Å². The highest BCUT2D eigenvalue weighted by Crippen LogP contribution is 2.32. The maximum absolute atomic E-state index is 12.0. The normalized spacial score (nSPS) is 38.1. The molecule has 0 aromatic carbocycles. The van der Waals surface area contributed by atoms with Crippen LogP contribution in [0, 0.1) is 11.8 Å². The lowest BCUT2D eigenvalue weighted by Crippen LogP contribution is -2.40. The second-order valence-corrected chi connectivity index (χ2v) is 6.43. The molecule has 0 aromatic rings. The molecule has 2 unspecified atom stereocenters. The lowest BCUT2D eigenvalue weighted by Gasteiger charge is -2.31. The molecule has 1 aliphatic carbocycles. The summed E-state index contributed by atoms with van der Waals surface area (Å²) in [5.41, 5.74) is 0. The van der Waals surface area contributed by atoms with Crippen LogP contribution in [0.5, 0.6) is 0 Å². The Morgan fingerprint density at radius 2 is 2.11 bits per heavy atom. The van der Waals surface area contributed by atoms with Crippen molar-refractivity contribution in [1.29, 1.82) is 0 Å².